The van der Waals surface area contributed by atoms with Gasteiger partial charge in [0.05, 0.1) is 11.9 Å². The number of hydrogen-bond acceptors (Lipinski definition) is 4. The lowest BCUT2D eigenvalue weighted by atomic mass is 10.2. The van der Waals surface area contributed by atoms with Crippen molar-refractivity contribution in [3.05, 3.63) is 59.1 Å². The lowest BCUT2D eigenvalue weighted by molar-refractivity contribution is -0.127. The third-order valence-electron chi connectivity index (χ3n) is 3.79. The topological polar surface area (TPSA) is 75.7 Å². The van der Waals surface area contributed by atoms with Gasteiger partial charge in [0.15, 0.2) is 6.10 Å². The SMILES string of the molecule is C[C@@H](Oc1ccc(N(C)S(C)(=O)=O)cc1)C(=O)NCc1ccccc1Cl. The van der Waals surface area contributed by atoms with Crippen molar-refractivity contribution in [3.63, 3.8) is 0 Å². The van der Waals surface area contributed by atoms with Crippen molar-refractivity contribution in [2.24, 2.45) is 0 Å². The molecule has 0 aliphatic heterocycles. The monoisotopic (exact) mass is 396 g/mol. The summed E-state index contributed by atoms with van der Waals surface area (Å²) in [7, 11) is -1.86. The quantitative estimate of drug-likeness (QED) is 0.780. The van der Waals surface area contributed by atoms with Crippen LogP contribution in [0, 0.1) is 0 Å². The fraction of sp³-hybridized carbons (Fsp3) is 0.278. The van der Waals surface area contributed by atoms with Gasteiger partial charge in [-0.05, 0) is 42.8 Å². The van der Waals surface area contributed by atoms with Crippen molar-refractivity contribution in [1.82, 2.24) is 5.32 Å². The summed E-state index contributed by atoms with van der Waals surface area (Å²) in [4.78, 5) is 12.2. The molecule has 6 nitrogen and oxygen atoms in total. The molecule has 2 rings (SSSR count). The normalized spacial score (nSPS) is 12.3. The second-order valence-corrected chi connectivity index (χ2v) is 8.21. The summed E-state index contributed by atoms with van der Waals surface area (Å²) in [5.74, 6) is 0.193. The zero-order valence-electron chi connectivity index (χ0n) is 14.8. The van der Waals surface area contributed by atoms with Crippen LogP contribution in [0.15, 0.2) is 48.5 Å². The lowest BCUT2D eigenvalue weighted by Gasteiger charge is -2.18. The first-order chi connectivity index (χ1) is 12.2. The third kappa shape index (κ3) is 5.37. The first kappa shape index (κ1) is 20.1. The number of carbonyl (C=O) groups is 1. The van der Waals surface area contributed by atoms with E-state index in [4.69, 9.17) is 16.3 Å². The van der Waals surface area contributed by atoms with Crippen molar-refractivity contribution in [2.45, 2.75) is 19.6 Å². The van der Waals surface area contributed by atoms with E-state index in [0.717, 1.165) is 16.1 Å². The predicted octanol–water partition coefficient (Wildman–Crippen LogP) is 2.82. The fourth-order valence-electron chi connectivity index (χ4n) is 2.15. The summed E-state index contributed by atoms with van der Waals surface area (Å²) in [6.07, 6.45) is 0.416. The van der Waals surface area contributed by atoms with Crippen molar-refractivity contribution >= 4 is 33.2 Å². The maximum absolute atomic E-state index is 12.2. The standard InChI is InChI=1S/C18H21ClN2O4S/c1-13(18(22)20-12-14-6-4-5-7-17(14)19)25-16-10-8-15(9-11-16)21(2)26(3,23)24/h4-11,13H,12H2,1-3H3,(H,20,22)/t13-/m1/s1. The zero-order valence-corrected chi connectivity index (χ0v) is 16.3. The van der Waals surface area contributed by atoms with Crippen LogP contribution in [-0.4, -0.2) is 33.7 Å². The highest BCUT2D eigenvalue weighted by atomic mass is 35.5. The number of benzene rings is 2. The Balaban J connectivity index is 1.93. The first-order valence-electron chi connectivity index (χ1n) is 7.90. The molecule has 0 spiro atoms. The Kier molecular flexibility index (Phi) is 6.50. The minimum absolute atomic E-state index is 0.276. The number of carbonyl (C=O) groups excluding carboxylic acids is 1. The van der Waals surface area contributed by atoms with E-state index in [1.807, 2.05) is 18.2 Å². The molecular weight excluding hydrogens is 376 g/mol. The van der Waals surface area contributed by atoms with Gasteiger partial charge in [0, 0.05) is 18.6 Å². The van der Waals surface area contributed by atoms with Crippen LogP contribution < -0.4 is 14.4 Å². The molecule has 0 heterocycles. The van der Waals surface area contributed by atoms with E-state index >= 15 is 0 Å². The second-order valence-electron chi connectivity index (χ2n) is 5.79. The number of amides is 1. The Morgan fingerprint density at radius 1 is 1.19 bits per heavy atom. The number of ether oxygens (including phenoxy) is 1. The number of rotatable bonds is 7. The van der Waals surface area contributed by atoms with Crippen LogP contribution in [0.25, 0.3) is 0 Å². The van der Waals surface area contributed by atoms with E-state index in [-0.39, 0.29) is 5.91 Å². The van der Waals surface area contributed by atoms with Gasteiger partial charge < -0.3 is 10.1 Å². The Morgan fingerprint density at radius 3 is 2.38 bits per heavy atom. The highest BCUT2D eigenvalue weighted by Gasteiger charge is 2.16. The maximum Gasteiger partial charge on any atom is 0.261 e. The van der Waals surface area contributed by atoms with Gasteiger partial charge in [-0.1, -0.05) is 29.8 Å². The average Bonchev–Trinajstić information content (AvgIpc) is 2.60. The molecule has 0 radical (unpaired) electrons. The van der Waals surface area contributed by atoms with Gasteiger partial charge in [0.25, 0.3) is 5.91 Å². The molecule has 0 bridgehead atoms. The van der Waals surface area contributed by atoms with Gasteiger partial charge in [-0.25, -0.2) is 8.42 Å². The van der Waals surface area contributed by atoms with Gasteiger partial charge in [-0.3, -0.25) is 9.10 Å². The van der Waals surface area contributed by atoms with Crippen LogP contribution in [0.5, 0.6) is 5.75 Å². The minimum Gasteiger partial charge on any atom is -0.481 e. The number of nitrogens with one attached hydrogen (secondary N) is 1. The van der Waals surface area contributed by atoms with E-state index in [1.165, 1.54) is 7.05 Å². The molecule has 0 aliphatic rings. The maximum atomic E-state index is 12.2. The minimum atomic E-state index is -3.32. The van der Waals surface area contributed by atoms with Crippen LogP contribution in [-0.2, 0) is 21.4 Å². The molecule has 1 amide bonds. The summed E-state index contributed by atoms with van der Waals surface area (Å²) < 4.78 is 29.8. The molecule has 0 saturated heterocycles. The summed E-state index contributed by atoms with van der Waals surface area (Å²) >= 11 is 6.06. The van der Waals surface area contributed by atoms with E-state index in [0.29, 0.717) is 23.0 Å². The zero-order chi connectivity index (χ0) is 19.3. The number of halogens is 1. The van der Waals surface area contributed by atoms with Gasteiger partial charge in [0.2, 0.25) is 10.0 Å². The number of hydrogen-bond donors (Lipinski definition) is 1. The Hall–Kier alpha value is -2.25. The van der Waals surface area contributed by atoms with Gasteiger partial charge >= 0.3 is 0 Å². The van der Waals surface area contributed by atoms with Gasteiger partial charge in [-0.15, -0.1) is 0 Å². The molecule has 2 aromatic rings. The summed E-state index contributed by atoms with van der Waals surface area (Å²) in [5.41, 5.74) is 1.33. The highest BCUT2D eigenvalue weighted by molar-refractivity contribution is 7.92. The van der Waals surface area contributed by atoms with Crippen LogP contribution >= 0.6 is 11.6 Å². The Morgan fingerprint density at radius 2 is 1.81 bits per heavy atom. The van der Waals surface area contributed by atoms with Crippen molar-refractivity contribution < 1.29 is 17.9 Å². The number of anilines is 1. The highest BCUT2D eigenvalue weighted by Crippen LogP contribution is 2.21. The molecule has 0 unspecified atom stereocenters. The molecule has 8 heteroatoms. The summed E-state index contributed by atoms with van der Waals surface area (Å²) in [6.45, 7) is 1.95. The predicted molar refractivity (Wildman–Crippen MR) is 103 cm³/mol. The first-order valence-corrected chi connectivity index (χ1v) is 10.1. The van der Waals surface area contributed by atoms with Crippen molar-refractivity contribution in [1.29, 1.82) is 0 Å². The van der Waals surface area contributed by atoms with Crippen LogP contribution in [0.1, 0.15) is 12.5 Å². The van der Waals surface area contributed by atoms with Crippen LogP contribution in [0.2, 0.25) is 5.02 Å². The van der Waals surface area contributed by atoms with Crippen molar-refractivity contribution in [2.75, 3.05) is 17.6 Å². The molecule has 26 heavy (non-hydrogen) atoms. The molecule has 0 aliphatic carbocycles. The largest absolute Gasteiger partial charge is 0.481 e. The smallest absolute Gasteiger partial charge is 0.261 e. The van der Waals surface area contributed by atoms with Crippen molar-refractivity contribution in [3.8, 4) is 5.75 Å². The van der Waals surface area contributed by atoms with E-state index in [1.54, 1.807) is 37.3 Å². The fourth-order valence-corrected chi connectivity index (χ4v) is 2.86. The van der Waals surface area contributed by atoms with Crippen LogP contribution in [0.3, 0.4) is 0 Å². The molecule has 1 N–H and O–H groups in total. The molecule has 0 saturated carbocycles. The molecular formula is C18H21ClN2O4S. The van der Waals surface area contributed by atoms with E-state index in [2.05, 4.69) is 5.32 Å². The molecule has 0 fully saturated rings. The number of nitrogens with zero attached hydrogens (tertiary/aromatic N) is 1. The molecule has 0 aromatic heterocycles. The third-order valence-corrected chi connectivity index (χ3v) is 5.37. The summed E-state index contributed by atoms with van der Waals surface area (Å²) in [6, 6.07) is 13.7. The van der Waals surface area contributed by atoms with Gasteiger partial charge in [0.1, 0.15) is 5.75 Å². The lowest BCUT2D eigenvalue weighted by Crippen LogP contribution is -2.36. The van der Waals surface area contributed by atoms with Crippen LogP contribution in [0.4, 0.5) is 5.69 Å². The Labute approximate surface area is 158 Å². The Bertz CT molecular complexity index is 869. The number of sulfonamides is 1. The van der Waals surface area contributed by atoms with E-state index in [9.17, 15) is 13.2 Å². The second kappa shape index (κ2) is 8.42. The van der Waals surface area contributed by atoms with Gasteiger partial charge in [-0.2, -0.15) is 0 Å². The molecule has 2 aromatic carbocycles. The average molecular weight is 397 g/mol. The summed E-state index contributed by atoms with van der Waals surface area (Å²) in [5, 5.41) is 3.36. The molecule has 1 atom stereocenters. The molecule has 140 valence electrons. The van der Waals surface area contributed by atoms with E-state index < -0.39 is 16.1 Å².